The fraction of sp³-hybridized carbons (Fsp3) is 0.462. The molecule has 9 heteroatoms. The van der Waals surface area contributed by atoms with Crippen molar-refractivity contribution in [2.45, 2.75) is 43.7 Å². The van der Waals surface area contributed by atoms with Crippen molar-refractivity contribution in [1.29, 1.82) is 0 Å². The Bertz CT molecular complexity index is 1390. The van der Waals surface area contributed by atoms with E-state index in [-0.39, 0.29) is 23.8 Å². The zero-order valence-electron chi connectivity index (χ0n) is 19.9. The van der Waals surface area contributed by atoms with Crippen molar-refractivity contribution in [3.63, 3.8) is 0 Å². The van der Waals surface area contributed by atoms with E-state index < -0.39 is 5.41 Å². The molecule has 2 amide bonds. The number of pyridine rings is 1. The molecule has 2 aromatic heterocycles. The number of benzene rings is 1. The van der Waals surface area contributed by atoms with Gasteiger partial charge in [0.05, 0.1) is 17.5 Å². The summed E-state index contributed by atoms with van der Waals surface area (Å²) in [5.74, 6) is 0.870. The minimum Gasteiger partial charge on any atom is -0.473 e. The molecule has 1 spiro atoms. The first-order valence-electron chi connectivity index (χ1n) is 12.4. The minimum absolute atomic E-state index is 0.0663. The summed E-state index contributed by atoms with van der Waals surface area (Å²) < 4.78 is 8.63. The van der Waals surface area contributed by atoms with Gasteiger partial charge in [0.1, 0.15) is 17.0 Å². The van der Waals surface area contributed by atoms with Crippen LogP contribution in [0.4, 0.5) is 5.69 Å². The van der Waals surface area contributed by atoms with Crippen LogP contribution in [0.1, 0.15) is 37.8 Å². The van der Waals surface area contributed by atoms with Gasteiger partial charge in [0.15, 0.2) is 0 Å². The molecule has 1 aromatic carbocycles. The summed E-state index contributed by atoms with van der Waals surface area (Å²) in [6.45, 7) is 3.98. The van der Waals surface area contributed by atoms with Crippen LogP contribution in [0.5, 0.6) is 5.88 Å². The molecule has 2 atom stereocenters. The smallest absolute Gasteiger partial charge is 0.241 e. The largest absolute Gasteiger partial charge is 0.473 e. The van der Waals surface area contributed by atoms with Crippen LogP contribution in [-0.4, -0.2) is 59.1 Å². The van der Waals surface area contributed by atoms with Gasteiger partial charge in [-0.3, -0.25) is 9.59 Å². The van der Waals surface area contributed by atoms with Gasteiger partial charge < -0.3 is 24.8 Å². The van der Waals surface area contributed by atoms with E-state index >= 15 is 0 Å². The van der Waals surface area contributed by atoms with Gasteiger partial charge in [0.2, 0.25) is 17.7 Å². The minimum atomic E-state index is -0.431. The Hall–Kier alpha value is -3.46. The number of carbonyl (C=O) groups excluding carboxylic acids is 2. The number of fused-ring (bicyclic) bond motifs is 3. The Kier molecular flexibility index (Phi) is 4.34. The molecule has 0 unspecified atom stereocenters. The summed E-state index contributed by atoms with van der Waals surface area (Å²) >= 11 is 0. The lowest BCUT2D eigenvalue weighted by Crippen LogP contribution is -2.61. The van der Waals surface area contributed by atoms with E-state index in [0.29, 0.717) is 38.0 Å². The molecule has 2 N–H and O–H groups in total. The molecule has 2 saturated heterocycles. The number of likely N-dealkylation sites (N-methyl/N-ethyl adjacent to an activating group) is 1. The number of aromatic nitrogens is 3. The number of anilines is 1. The lowest BCUT2D eigenvalue weighted by Gasteiger charge is -2.37. The Morgan fingerprint density at radius 1 is 1.20 bits per heavy atom. The third-order valence-electron chi connectivity index (χ3n) is 8.17. The van der Waals surface area contributed by atoms with E-state index in [1.807, 2.05) is 32.4 Å². The molecule has 0 radical (unpaired) electrons. The number of ether oxygens (including phenoxy) is 1. The second-order valence-electron chi connectivity index (χ2n) is 10.4. The van der Waals surface area contributed by atoms with Gasteiger partial charge in [-0.2, -0.15) is 0 Å². The van der Waals surface area contributed by atoms with Crippen LogP contribution in [0, 0.1) is 5.92 Å². The highest BCUT2D eigenvalue weighted by Crippen LogP contribution is 2.46. The quantitative estimate of drug-likeness (QED) is 0.590. The summed E-state index contributed by atoms with van der Waals surface area (Å²) in [6, 6.07) is 8.61. The zero-order valence-corrected chi connectivity index (χ0v) is 19.9. The van der Waals surface area contributed by atoms with Gasteiger partial charge in [-0.25, -0.2) is 9.97 Å². The second kappa shape index (κ2) is 7.27. The lowest BCUT2D eigenvalue weighted by atomic mass is 9.76. The highest BCUT2D eigenvalue weighted by atomic mass is 16.5. The van der Waals surface area contributed by atoms with Crippen molar-refractivity contribution in [1.82, 2.24) is 25.2 Å². The molecule has 0 bridgehead atoms. The van der Waals surface area contributed by atoms with Crippen molar-refractivity contribution in [3.8, 4) is 17.1 Å². The topological polar surface area (TPSA) is 101 Å². The predicted octanol–water partition coefficient (Wildman–Crippen LogP) is 2.15. The number of hydrogen-bond donors (Lipinski definition) is 2. The van der Waals surface area contributed by atoms with Crippen molar-refractivity contribution >= 4 is 28.5 Å². The van der Waals surface area contributed by atoms with Crippen LogP contribution in [0.2, 0.25) is 0 Å². The monoisotopic (exact) mass is 472 g/mol. The summed E-state index contributed by atoms with van der Waals surface area (Å²) in [4.78, 5) is 36.2. The van der Waals surface area contributed by atoms with E-state index in [1.165, 1.54) is 0 Å². The number of nitrogens with zero attached hydrogens (tertiary/aromatic N) is 4. The first-order valence-corrected chi connectivity index (χ1v) is 12.4. The fourth-order valence-electron chi connectivity index (χ4n) is 5.75. The van der Waals surface area contributed by atoms with Crippen molar-refractivity contribution < 1.29 is 14.3 Å². The van der Waals surface area contributed by atoms with E-state index in [2.05, 4.69) is 27.3 Å². The van der Waals surface area contributed by atoms with Crippen LogP contribution in [0.25, 0.3) is 22.3 Å². The SMILES string of the molecule is C[C@@H](Oc1nc(-c2ccc3c(c2)N(C)C(=O)C32CNC2)cc2ncn(C3CC3)c12)[C@H]1CNC(=O)C1. The molecule has 3 fully saturated rings. The summed E-state index contributed by atoms with van der Waals surface area (Å²) in [5, 5.41) is 6.16. The van der Waals surface area contributed by atoms with Gasteiger partial charge in [-0.1, -0.05) is 12.1 Å². The molecular weight excluding hydrogens is 444 g/mol. The number of nitrogens with one attached hydrogen (secondary N) is 2. The van der Waals surface area contributed by atoms with Crippen molar-refractivity contribution in [2.24, 2.45) is 5.92 Å². The molecule has 1 saturated carbocycles. The average molecular weight is 473 g/mol. The van der Waals surface area contributed by atoms with Gasteiger partial charge in [-0.05, 0) is 37.5 Å². The zero-order chi connectivity index (χ0) is 23.9. The Balaban J connectivity index is 1.31. The highest BCUT2D eigenvalue weighted by Gasteiger charge is 2.53. The fourth-order valence-corrected chi connectivity index (χ4v) is 5.75. The molecule has 180 valence electrons. The van der Waals surface area contributed by atoms with Gasteiger partial charge >= 0.3 is 0 Å². The summed E-state index contributed by atoms with van der Waals surface area (Å²) in [7, 11) is 1.85. The first-order chi connectivity index (χ1) is 16.9. The van der Waals surface area contributed by atoms with Gasteiger partial charge in [0, 0.05) is 56.3 Å². The van der Waals surface area contributed by atoms with Gasteiger partial charge in [-0.15, -0.1) is 0 Å². The van der Waals surface area contributed by atoms with Gasteiger partial charge in [0.25, 0.3) is 0 Å². The molecule has 7 rings (SSSR count). The van der Waals surface area contributed by atoms with Crippen LogP contribution in [0.15, 0.2) is 30.6 Å². The third-order valence-corrected chi connectivity index (χ3v) is 8.17. The summed E-state index contributed by atoms with van der Waals surface area (Å²) in [6.07, 6.45) is 4.44. The maximum absolute atomic E-state index is 13.0. The maximum Gasteiger partial charge on any atom is 0.241 e. The van der Waals surface area contributed by atoms with Crippen LogP contribution in [-0.2, 0) is 15.0 Å². The molecule has 1 aliphatic carbocycles. The number of hydrogen-bond acceptors (Lipinski definition) is 6. The number of amides is 2. The van der Waals surface area contributed by atoms with E-state index in [9.17, 15) is 9.59 Å². The molecule has 35 heavy (non-hydrogen) atoms. The predicted molar refractivity (Wildman–Crippen MR) is 130 cm³/mol. The molecule has 3 aliphatic heterocycles. The maximum atomic E-state index is 13.0. The number of carbonyl (C=O) groups is 2. The van der Waals surface area contributed by atoms with Crippen LogP contribution >= 0.6 is 0 Å². The van der Waals surface area contributed by atoms with E-state index in [1.54, 1.807) is 4.90 Å². The first kappa shape index (κ1) is 20.9. The van der Waals surface area contributed by atoms with Crippen molar-refractivity contribution in [3.05, 3.63) is 36.2 Å². The molecule has 3 aromatic rings. The normalized spacial score (nSPS) is 23.5. The Morgan fingerprint density at radius 3 is 2.71 bits per heavy atom. The second-order valence-corrected chi connectivity index (χ2v) is 10.4. The van der Waals surface area contributed by atoms with Crippen LogP contribution in [0.3, 0.4) is 0 Å². The lowest BCUT2D eigenvalue weighted by molar-refractivity contribution is -0.124. The summed E-state index contributed by atoms with van der Waals surface area (Å²) in [5.41, 5.74) is 5.02. The van der Waals surface area contributed by atoms with E-state index in [4.69, 9.17) is 14.7 Å². The Morgan fingerprint density at radius 2 is 2.03 bits per heavy atom. The van der Waals surface area contributed by atoms with Crippen molar-refractivity contribution in [2.75, 3.05) is 31.6 Å². The van der Waals surface area contributed by atoms with Crippen LogP contribution < -0.4 is 20.3 Å². The molecular formula is C26H28N6O3. The standard InChI is InChI=1S/C26H28N6O3/c1-14(16-8-22(33)28-10-16)35-24-23-20(29-13-32(23)17-4-5-17)9-19(30-24)15-3-6-18-21(7-15)31(2)25(34)26(18)11-27-12-26/h3,6-7,9,13-14,16-17,27H,4-5,8,10-12H2,1-2H3,(H,28,33)/t14-,16-/m1/s1. The average Bonchev–Trinajstić information content (AvgIpc) is 3.34. The molecule has 9 nitrogen and oxygen atoms in total. The third kappa shape index (κ3) is 3.03. The highest BCUT2D eigenvalue weighted by molar-refractivity contribution is 6.09. The van der Waals surface area contributed by atoms with E-state index in [0.717, 1.165) is 46.4 Å². The molecule has 4 aliphatic rings. The number of imidazole rings is 1. The number of rotatable bonds is 5. The molecule has 5 heterocycles. The Labute approximate surface area is 202 Å².